The molecule has 2 N–H and O–H groups in total. The minimum atomic E-state index is -0.365. The number of hydrazone groups is 1. The number of phenols is 1. The van der Waals surface area contributed by atoms with Crippen molar-refractivity contribution in [3.63, 3.8) is 0 Å². The van der Waals surface area contributed by atoms with Crippen LogP contribution in [-0.2, 0) is 0 Å². The minimum Gasteiger partial charge on any atom is -0.508 e. The predicted molar refractivity (Wildman–Crippen MR) is 85.4 cm³/mol. The fourth-order valence-electron chi connectivity index (χ4n) is 1.96. The lowest BCUT2D eigenvalue weighted by molar-refractivity contribution is 0.0954. The fourth-order valence-corrected chi connectivity index (χ4v) is 1.96. The molecule has 0 saturated heterocycles. The van der Waals surface area contributed by atoms with E-state index in [1.165, 1.54) is 12.1 Å². The van der Waals surface area contributed by atoms with Gasteiger partial charge < -0.3 is 9.84 Å². The normalized spacial score (nSPS) is 11.1. The Morgan fingerprint density at radius 1 is 1.18 bits per heavy atom. The van der Waals surface area contributed by atoms with Gasteiger partial charge in [0, 0.05) is 5.56 Å². The van der Waals surface area contributed by atoms with Gasteiger partial charge in [0.15, 0.2) is 0 Å². The molecule has 0 aliphatic heterocycles. The van der Waals surface area contributed by atoms with Crippen LogP contribution in [0.15, 0.2) is 53.6 Å². The summed E-state index contributed by atoms with van der Waals surface area (Å²) in [5.41, 5.74) is 4.54. The van der Waals surface area contributed by atoms with Gasteiger partial charge in [-0.15, -0.1) is 0 Å². The molecule has 22 heavy (non-hydrogen) atoms. The maximum atomic E-state index is 12.0. The predicted octanol–water partition coefficient (Wildman–Crippen LogP) is 2.94. The van der Waals surface area contributed by atoms with E-state index in [0.29, 0.717) is 12.0 Å². The van der Waals surface area contributed by atoms with E-state index in [1.54, 1.807) is 19.2 Å². The van der Waals surface area contributed by atoms with Gasteiger partial charge in [-0.3, -0.25) is 4.79 Å². The minimum absolute atomic E-state index is 0.0440. The largest absolute Gasteiger partial charge is 0.508 e. The second-order valence-electron chi connectivity index (χ2n) is 4.63. The second kappa shape index (κ2) is 7.26. The Morgan fingerprint density at radius 3 is 2.50 bits per heavy atom. The zero-order valence-electron chi connectivity index (χ0n) is 12.5. The van der Waals surface area contributed by atoms with Gasteiger partial charge in [0.25, 0.3) is 5.91 Å². The van der Waals surface area contributed by atoms with Gasteiger partial charge in [-0.1, -0.05) is 13.0 Å². The highest BCUT2D eigenvalue weighted by molar-refractivity contribution is 6.02. The lowest BCUT2D eigenvalue weighted by Crippen LogP contribution is -2.19. The number of aromatic hydroxyl groups is 1. The van der Waals surface area contributed by atoms with Crippen molar-refractivity contribution in [3.8, 4) is 11.5 Å². The number of benzene rings is 2. The van der Waals surface area contributed by atoms with E-state index < -0.39 is 0 Å². The number of amides is 1. The van der Waals surface area contributed by atoms with E-state index >= 15 is 0 Å². The molecule has 2 rings (SSSR count). The molecular weight excluding hydrogens is 280 g/mol. The van der Waals surface area contributed by atoms with E-state index in [1.807, 2.05) is 31.2 Å². The molecule has 5 heteroatoms. The Kier molecular flexibility index (Phi) is 5.14. The van der Waals surface area contributed by atoms with Crippen LogP contribution in [0.4, 0.5) is 0 Å². The van der Waals surface area contributed by atoms with Crippen molar-refractivity contribution in [3.05, 3.63) is 59.7 Å². The highest BCUT2D eigenvalue weighted by atomic mass is 16.5. The lowest BCUT2D eigenvalue weighted by Gasteiger charge is -2.07. The third-order valence-electron chi connectivity index (χ3n) is 3.16. The van der Waals surface area contributed by atoms with Crippen molar-refractivity contribution in [1.29, 1.82) is 0 Å². The molecule has 114 valence electrons. The van der Waals surface area contributed by atoms with Crippen molar-refractivity contribution < 1.29 is 14.6 Å². The summed E-state index contributed by atoms with van der Waals surface area (Å²) in [7, 11) is 1.61. The third kappa shape index (κ3) is 3.85. The Bertz CT molecular complexity index is 679. The smallest absolute Gasteiger partial charge is 0.271 e. The van der Waals surface area contributed by atoms with Crippen LogP contribution < -0.4 is 10.2 Å². The number of nitrogens with zero attached hydrogens (tertiary/aromatic N) is 1. The molecule has 0 fully saturated rings. The molecule has 0 unspecified atom stereocenters. The van der Waals surface area contributed by atoms with Crippen LogP contribution in [0.1, 0.15) is 29.3 Å². The summed E-state index contributed by atoms with van der Waals surface area (Å²) in [6, 6.07) is 13.6. The first kappa shape index (κ1) is 15.6. The second-order valence-corrected chi connectivity index (χ2v) is 4.63. The first-order valence-corrected chi connectivity index (χ1v) is 6.94. The first-order chi connectivity index (χ1) is 10.6. The molecule has 0 spiro atoms. The summed E-state index contributed by atoms with van der Waals surface area (Å²) in [6.07, 6.45) is 0.673. The molecule has 0 saturated carbocycles. The zero-order valence-corrected chi connectivity index (χ0v) is 12.5. The van der Waals surface area contributed by atoms with E-state index in [0.717, 1.165) is 17.0 Å². The summed E-state index contributed by atoms with van der Waals surface area (Å²) < 4.78 is 5.12. The van der Waals surface area contributed by atoms with Crippen molar-refractivity contribution in [2.75, 3.05) is 7.11 Å². The number of nitrogens with one attached hydrogen (secondary N) is 1. The molecule has 0 atom stereocenters. The summed E-state index contributed by atoms with van der Waals surface area (Å²) >= 11 is 0. The number of phenolic OH excluding ortho intramolecular Hbond substituents is 1. The standard InChI is InChI=1S/C17H18N2O3/c1-3-16(12-7-9-15(22-2)10-8-12)18-19-17(21)13-5-4-6-14(20)11-13/h4-11,20H,3H2,1-2H3,(H,19,21)/b18-16-. The first-order valence-electron chi connectivity index (χ1n) is 6.94. The molecule has 5 nitrogen and oxygen atoms in total. The highest BCUT2D eigenvalue weighted by Crippen LogP contribution is 2.13. The van der Waals surface area contributed by atoms with Crippen LogP contribution in [0, 0.1) is 0 Å². The SMILES string of the molecule is CC/C(=N/NC(=O)c1cccc(O)c1)c1ccc(OC)cc1. The van der Waals surface area contributed by atoms with E-state index in [4.69, 9.17) is 4.74 Å². The zero-order chi connectivity index (χ0) is 15.9. The van der Waals surface area contributed by atoms with Crippen molar-refractivity contribution in [2.24, 2.45) is 5.10 Å². The van der Waals surface area contributed by atoms with Gasteiger partial charge in [-0.05, 0) is 54.4 Å². The van der Waals surface area contributed by atoms with Gasteiger partial charge >= 0.3 is 0 Å². The number of hydrogen-bond donors (Lipinski definition) is 2. The van der Waals surface area contributed by atoms with Crippen molar-refractivity contribution in [1.82, 2.24) is 5.43 Å². The molecule has 0 aliphatic rings. The van der Waals surface area contributed by atoms with Crippen molar-refractivity contribution in [2.45, 2.75) is 13.3 Å². The highest BCUT2D eigenvalue weighted by Gasteiger charge is 2.07. The van der Waals surface area contributed by atoms with Gasteiger partial charge in [0.1, 0.15) is 11.5 Å². The molecule has 0 radical (unpaired) electrons. The number of hydrogen-bond acceptors (Lipinski definition) is 4. The summed E-state index contributed by atoms with van der Waals surface area (Å²) in [4.78, 5) is 12.0. The lowest BCUT2D eigenvalue weighted by atomic mass is 10.1. The number of carbonyl (C=O) groups is 1. The van der Waals surface area contributed by atoms with E-state index in [9.17, 15) is 9.90 Å². The van der Waals surface area contributed by atoms with Gasteiger partial charge in [0.05, 0.1) is 12.8 Å². The number of ether oxygens (including phenoxy) is 1. The Labute approximate surface area is 129 Å². The summed E-state index contributed by atoms with van der Waals surface area (Å²) in [6.45, 7) is 1.96. The maximum Gasteiger partial charge on any atom is 0.271 e. The number of methoxy groups -OCH3 is 1. The van der Waals surface area contributed by atoms with Gasteiger partial charge in [-0.25, -0.2) is 5.43 Å². The molecule has 0 aliphatic carbocycles. The van der Waals surface area contributed by atoms with E-state index in [-0.39, 0.29) is 11.7 Å². The van der Waals surface area contributed by atoms with Crippen LogP contribution in [0.2, 0.25) is 0 Å². The Hall–Kier alpha value is -2.82. The van der Waals surface area contributed by atoms with Crippen LogP contribution >= 0.6 is 0 Å². The molecule has 2 aromatic rings. The monoisotopic (exact) mass is 298 g/mol. The molecule has 0 bridgehead atoms. The number of rotatable bonds is 5. The average Bonchev–Trinajstić information content (AvgIpc) is 2.55. The molecule has 1 amide bonds. The third-order valence-corrected chi connectivity index (χ3v) is 3.16. The molecular formula is C17H18N2O3. The molecule has 2 aromatic carbocycles. The summed E-state index contributed by atoms with van der Waals surface area (Å²) in [5, 5.41) is 13.6. The Balaban J connectivity index is 2.13. The number of carbonyl (C=O) groups excluding carboxylic acids is 1. The molecule has 0 aromatic heterocycles. The molecule has 0 heterocycles. The Morgan fingerprint density at radius 2 is 1.91 bits per heavy atom. The van der Waals surface area contributed by atoms with Gasteiger partial charge in [0.2, 0.25) is 0 Å². The van der Waals surface area contributed by atoms with Crippen LogP contribution in [-0.4, -0.2) is 23.8 Å². The van der Waals surface area contributed by atoms with Gasteiger partial charge in [-0.2, -0.15) is 5.10 Å². The van der Waals surface area contributed by atoms with Crippen LogP contribution in [0.5, 0.6) is 11.5 Å². The topological polar surface area (TPSA) is 70.9 Å². The van der Waals surface area contributed by atoms with Crippen LogP contribution in [0.3, 0.4) is 0 Å². The van der Waals surface area contributed by atoms with E-state index in [2.05, 4.69) is 10.5 Å². The maximum absolute atomic E-state index is 12.0. The van der Waals surface area contributed by atoms with Crippen molar-refractivity contribution >= 4 is 11.6 Å². The summed E-state index contributed by atoms with van der Waals surface area (Å²) in [5.74, 6) is 0.445. The van der Waals surface area contributed by atoms with Crippen LogP contribution in [0.25, 0.3) is 0 Å². The fraction of sp³-hybridized carbons (Fsp3) is 0.176. The average molecular weight is 298 g/mol. The quantitative estimate of drug-likeness (QED) is 0.658.